The number of urea groups is 1. The molecule has 2 N–H and O–H groups in total. The Morgan fingerprint density at radius 3 is 2.55 bits per heavy atom. The Balaban J connectivity index is 1.28. The van der Waals surface area contributed by atoms with Crippen molar-refractivity contribution >= 4 is 44.4 Å². The molecule has 0 aliphatic carbocycles. The second-order valence-corrected chi connectivity index (χ2v) is 7.84. The Morgan fingerprint density at radius 1 is 1.07 bits per heavy atom. The fraction of sp³-hybridized carbons (Fsp3) is 0.300. The smallest absolute Gasteiger partial charge is 0.318 e. The van der Waals surface area contributed by atoms with Gasteiger partial charge in [0, 0.05) is 32.4 Å². The van der Waals surface area contributed by atoms with E-state index >= 15 is 0 Å². The number of pyridine rings is 1. The van der Waals surface area contributed by atoms with Gasteiger partial charge in [0.1, 0.15) is 11.9 Å². The summed E-state index contributed by atoms with van der Waals surface area (Å²) in [5, 5.41) is 6.09. The molecule has 29 heavy (non-hydrogen) atoms. The molecule has 3 amide bonds. The van der Waals surface area contributed by atoms with Crippen molar-refractivity contribution in [2.45, 2.75) is 13.0 Å². The van der Waals surface area contributed by atoms with Gasteiger partial charge in [-0.2, -0.15) is 0 Å². The molecule has 3 heterocycles. The molecule has 150 valence electrons. The van der Waals surface area contributed by atoms with Crippen LogP contribution in [0.3, 0.4) is 0 Å². The van der Waals surface area contributed by atoms with Gasteiger partial charge in [0.05, 0.1) is 10.2 Å². The number of hydrogen-bond donors (Lipinski definition) is 2. The van der Waals surface area contributed by atoms with Crippen molar-refractivity contribution in [1.82, 2.24) is 20.2 Å². The van der Waals surface area contributed by atoms with Crippen molar-refractivity contribution in [3.8, 4) is 0 Å². The SMILES string of the molecule is C[C@H](NC(=O)N1CCN(c2ccccn2)CC1)C(=O)Nc1nc2ccccc2s1. The summed E-state index contributed by atoms with van der Waals surface area (Å²) in [6, 6.07) is 12.6. The van der Waals surface area contributed by atoms with E-state index in [-0.39, 0.29) is 11.9 Å². The number of nitrogens with zero attached hydrogens (tertiary/aromatic N) is 4. The molecule has 1 aromatic carbocycles. The Kier molecular flexibility index (Phi) is 5.57. The number of carbonyl (C=O) groups is 2. The van der Waals surface area contributed by atoms with Crippen molar-refractivity contribution in [2.24, 2.45) is 0 Å². The molecule has 0 radical (unpaired) electrons. The van der Waals surface area contributed by atoms with Crippen molar-refractivity contribution in [1.29, 1.82) is 0 Å². The summed E-state index contributed by atoms with van der Waals surface area (Å²) < 4.78 is 1.00. The van der Waals surface area contributed by atoms with E-state index in [1.807, 2.05) is 42.5 Å². The number of nitrogens with one attached hydrogen (secondary N) is 2. The Labute approximate surface area is 172 Å². The van der Waals surface area contributed by atoms with Crippen molar-refractivity contribution in [2.75, 3.05) is 36.4 Å². The van der Waals surface area contributed by atoms with Crippen LogP contribution in [0.4, 0.5) is 15.7 Å². The average molecular weight is 411 g/mol. The van der Waals surface area contributed by atoms with Crippen molar-refractivity contribution < 1.29 is 9.59 Å². The van der Waals surface area contributed by atoms with Crippen molar-refractivity contribution in [3.63, 3.8) is 0 Å². The number of carbonyl (C=O) groups excluding carboxylic acids is 2. The highest BCUT2D eigenvalue weighted by atomic mass is 32.1. The Morgan fingerprint density at radius 2 is 1.83 bits per heavy atom. The normalized spacial score (nSPS) is 15.2. The minimum Gasteiger partial charge on any atom is -0.353 e. The van der Waals surface area contributed by atoms with Gasteiger partial charge in [0.25, 0.3) is 0 Å². The second-order valence-electron chi connectivity index (χ2n) is 6.81. The lowest BCUT2D eigenvalue weighted by atomic mass is 10.3. The van der Waals surface area contributed by atoms with Crippen LogP contribution in [0.15, 0.2) is 48.7 Å². The van der Waals surface area contributed by atoms with E-state index in [9.17, 15) is 9.59 Å². The van der Waals surface area contributed by atoms with E-state index in [1.165, 1.54) is 11.3 Å². The van der Waals surface area contributed by atoms with Crippen LogP contribution in [0.1, 0.15) is 6.92 Å². The number of anilines is 2. The highest BCUT2D eigenvalue weighted by Gasteiger charge is 2.24. The lowest BCUT2D eigenvalue weighted by Gasteiger charge is -2.35. The van der Waals surface area contributed by atoms with Crippen LogP contribution in [-0.2, 0) is 4.79 Å². The Bertz CT molecular complexity index is 967. The van der Waals surface area contributed by atoms with E-state index in [0.717, 1.165) is 16.0 Å². The van der Waals surface area contributed by atoms with Gasteiger partial charge in [0.2, 0.25) is 5.91 Å². The van der Waals surface area contributed by atoms with Crippen LogP contribution in [0, 0.1) is 0 Å². The summed E-state index contributed by atoms with van der Waals surface area (Å²) >= 11 is 1.41. The predicted octanol–water partition coefficient (Wildman–Crippen LogP) is 2.55. The zero-order valence-electron chi connectivity index (χ0n) is 16.0. The molecule has 1 aliphatic rings. The third-order valence-electron chi connectivity index (χ3n) is 4.80. The zero-order chi connectivity index (χ0) is 20.2. The van der Waals surface area contributed by atoms with Gasteiger partial charge in [-0.25, -0.2) is 14.8 Å². The van der Waals surface area contributed by atoms with E-state index in [2.05, 4.69) is 25.5 Å². The maximum absolute atomic E-state index is 12.5. The minimum atomic E-state index is -0.664. The number of para-hydroxylation sites is 1. The van der Waals surface area contributed by atoms with Gasteiger partial charge < -0.3 is 20.4 Å². The molecular weight excluding hydrogens is 388 g/mol. The van der Waals surface area contributed by atoms with Gasteiger partial charge >= 0.3 is 6.03 Å². The van der Waals surface area contributed by atoms with Gasteiger partial charge in [0.15, 0.2) is 5.13 Å². The first-order valence-corrected chi connectivity index (χ1v) is 10.3. The molecule has 1 atom stereocenters. The molecule has 1 aliphatic heterocycles. The molecule has 8 nitrogen and oxygen atoms in total. The largest absolute Gasteiger partial charge is 0.353 e. The highest BCUT2D eigenvalue weighted by Crippen LogP contribution is 2.25. The highest BCUT2D eigenvalue weighted by molar-refractivity contribution is 7.22. The molecule has 3 aromatic rings. The summed E-state index contributed by atoms with van der Waals surface area (Å²) in [5.41, 5.74) is 0.843. The first-order chi connectivity index (χ1) is 14.1. The van der Waals surface area contributed by atoms with E-state index in [0.29, 0.717) is 31.3 Å². The zero-order valence-corrected chi connectivity index (χ0v) is 16.9. The van der Waals surface area contributed by atoms with E-state index in [1.54, 1.807) is 18.0 Å². The quantitative estimate of drug-likeness (QED) is 0.690. The van der Waals surface area contributed by atoms with E-state index < -0.39 is 6.04 Å². The van der Waals surface area contributed by atoms with Crippen LogP contribution in [0.2, 0.25) is 0 Å². The van der Waals surface area contributed by atoms with Crippen LogP contribution < -0.4 is 15.5 Å². The third-order valence-corrected chi connectivity index (χ3v) is 5.75. The summed E-state index contributed by atoms with van der Waals surface area (Å²) in [5.74, 6) is 0.626. The number of rotatable bonds is 4. The molecule has 0 saturated carbocycles. The molecule has 1 fully saturated rings. The molecule has 9 heteroatoms. The van der Waals surface area contributed by atoms with Crippen LogP contribution in [0.25, 0.3) is 10.2 Å². The van der Waals surface area contributed by atoms with Crippen LogP contribution >= 0.6 is 11.3 Å². The molecule has 0 bridgehead atoms. The first kappa shape index (κ1) is 19.1. The van der Waals surface area contributed by atoms with Crippen LogP contribution in [-0.4, -0.2) is 59.0 Å². The summed E-state index contributed by atoms with van der Waals surface area (Å²) in [6.07, 6.45) is 1.76. The molecule has 2 aromatic heterocycles. The topological polar surface area (TPSA) is 90.5 Å². The maximum atomic E-state index is 12.5. The number of aromatic nitrogens is 2. The summed E-state index contributed by atoms with van der Waals surface area (Å²) in [7, 11) is 0. The lowest BCUT2D eigenvalue weighted by molar-refractivity contribution is -0.117. The van der Waals surface area contributed by atoms with Crippen molar-refractivity contribution in [3.05, 3.63) is 48.7 Å². The fourth-order valence-corrected chi connectivity index (χ4v) is 4.03. The fourth-order valence-electron chi connectivity index (χ4n) is 3.16. The molecule has 0 unspecified atom stereocenters. The summed E-state index contributed by atoms with van der Waals surface area (Å²) in [6.45, 7) is 4.24. The number of hydrogen-bond acceptors (Lipinski definition) is 6. The number of piperazine rings is 1. The predicted molar refractivity (Wildman–Crippen MR) is 114 cm³/mol. The molecule has 4 rings (SSSR count). The lowest BCUT2D eigenvalue weighted by Crippen LogP contribution is -2.54. The monoisotopic (exact) mass is 410 g/mol. The maximum Gasteiger partial charge on any atom is 0.318 e. The van der Waals surface area contributed by atoms with Gasteiger partial charge in [-0.05, 0) is 31.2 Å². The van der Waals surface area contributed by atoms with Gasteiger partial charge in [-0.3, -0.25) is 4.79 Å². The van der Waals surface area contributed by atoms with E-state index in [4.69, 9.17) is 0 Å². The minimum absolute atomic E-state index is 0.238. The third kappa shape index (κ3) is 4.45. The summed E-state index contributed by atoms with van der Waals surface area (Å²) in [4.78, 5) is 37.6. The van der Waals surface area contributed by atoms with Gasteiger partial charge in [-0.15, -0.1) is 0 Å². The number of thiazole rings is 1. The Hall–Kier alpha value is -3.20. The second kappa shape index (κ2) is 8.44. The first-order valence-electron chi connectivity index (χ1n) is 9.48. The van der Waals surface area contributed by atoms with Crippen LogP contribution in [0.5, 0.6) is 0 Å². The standard InChI is InChI=1S/C20H22N6O2S/c1-14(18(27)24-19-23-15-6-2-3-7-16(15)29-19)22-20(28)26-12-10-25(11-13-26)17-8-4-5-9-21-17/h2-9,14H,10-13H2,1H3,(H,22,28)(H,23,24,27)/t14-/m0/s1. The molecule has 0 spiro atoms. The van der Waals surface area contributed by atoms with Gasteiger partial charge in [-0.1, -0.05) is 29.5 Å². The number of fused-ring (bicyclic) bond motifs is 1. The average Bonchev–Trinajstić information content (AvgIpc) is 3.16. The molecular formula is C20H22N6O2S. The molecule has 1 saturated heterocycles. The number of benzene rings is 1. The number of amides is 3.